The molecular weight excluding hydrogens is 512 g/mol. The van der Waals surface area contributed by atoms with Gasteiger partial charge in [-0.05, 0) is 58.5 Å². The monoisotopic (exact) mass is 552 g/mol. The number of aryl methyl sites for hydroxylation is 1. The first-order chi connectivity index (χ1) is 19.8. The van der Waals surface area contributed by atoms with Crippen LogP contribution in [0.15, 0.2) is 72.9 Å². The maximum Gasteiger partial charge on any atom is 0.323 e. The van der Waals surface area contributed by atoms with Crippen LogP contribution in [0.3, 0.4) is 0 Å². The van der Waals surface area contributed by atoms with E-state index in [2.05, 4.69) is 66.6 Å². The summed E-state index contributed by atoms with van der Waals surface area (Å²) in [4.78, 5) is 20.4. The van der Waals surface area contributed by atoms with Crippen LogP contribution < -0.4 is 10.6 Å². The number of amides is 2. The number of aliphatic hydroxyl groups excluding tert-OH is 1. The van der Waals surface area contributed by atoms with Gasteiger partial charge < -0.3 is 20.5 Å². The number of rotatable bonds is 8. The fourth-order valence-corrected chi connectivity index (χ4v) is 5.25. The quantitative estimate of drug-likeness (QED) is 0.229. The van der Waals surface area contributed by atoms with Crippen molar-refractivity contribution in [2.45, 2.75) is 45.6 Å². The Morgan fingerprint density at radius 3 is 2.41 bits per heavy atom. The van der Waals surface area contributed by atoms with Gasteiger partial charge in [-0.25, -0.2) is 4.79 Å². The number of ether oxygens (including phenoxy) is 1. The van der Waals surface area contributed by atoms with Crippen LogP contribution in [0.5, 0.6) is 0 Å². The van der Waals surface area contributed by atoms with E-state index in [0.29, 0.717) is 12.8 Å². The SMILES string of the molecule is CC(C)(C)c1ccc(CCCO)c(NC(=O)Nc2ccc(-c3ccc(CN4CCOCC4)nc3)c3ccccc23)c1. The summed E-state index contributed by atoms with van der Waals surface area (Å²) in [7, 11) is 0. The molecule has 0 radical (unpaired) electrons. The lowest BCUT2D eigenvalue weighted by Crippen LogP contribution is -2.35. The molecule has 2 amide bonds. The zero-order chi connectivity index (χ0) is 28.8. The van der Waals surface area contributed by atoms with E-state index in [0.717, 1.165) is 82.9 Å². The summed E-state index contributed by atoms with van der Waals surface area (Å²) in [6, 6.07) is 22.2. The number of pyridine rings is 1. The standard InChI is InChI=1S/C34H40N4O3/c1-34(2,3)26-12-10-24(7-6-18-39)32(21-26)37-33(40)36-31-15-14-28(29-8-4-5-9-30(29)31)25-11-13-27(35-22-25)23-38-16-19-41-20-17-38/h4-5,8-15,21-22,39H,6-7,16-20,23H2,1-3H3,(H2,36,37,40). The second-order valence-electron chi connectivity index (χ2n) is 11.7. The number of aliphatic hydroxyl groups is 1. The molecule has 3 aromatic carbocycles. The highest BCUT2D eigenvalue weighted by Crippen LogP contribution is 2.34. The Kier molecular flexibility index (Phi) is 8.98. The molecule has 3 N–H and O–H groups in total. The van der Waals surface area contributed by atoms with Gasteiger partial charge in [0.1, 0.15) is 0 Å². The van der Waals surface area contributed by atoms with E-state index in [-0.39, 0.29) is 18.1 Å². The molecule has 41 heavy (non-hydrogen) atoms. The molecule has 214 valence electrons. The highest BCUT2D eigenvalue weighted by molar-refractivity contribution is 6.09. The van der Waals surface area contributed by atoms with Crippen LogP contribution in [0.4, 0.5) is 16.2 Å². The second kappa shape index (κ2) is 12.8. The molecule has 0 bridgehead atoms. The maximum absolute atomic E-state index is 13.3. The minimum atomic E-state index is -0.298. The van der Waals surface area contributed by atoms with E-state index < -0.39 is 0 Å². The van der Waals surface area contributed by atoms with Crippen LogP contribution in [-0.2, 0) is 23.1 Å². The third-order valence-corrected chi connectivity index (χ3v) is 7.63. The fourth-order valence-electron chi connectivity index (χ4n) is 5.25. The van der Waals surface area contributed by atoms with Crippen molar-refractivity contribution in [3.05, 3.63) is 89.7 Å². The Morgan fingerprint density at radius 1 is 0.951 bits per heavy atom. The second-order valence-corrected chi connectivity index (χ2v) is 11.7. The van der Waals surface area contributed by atoms with Gasteiger partial charge in [-0.15, -0.1) is 0 Å². The molecule has 1 aliphatic rings. The smallest absolute Gasteiger partial charge is 0.323 e. The van der Waals surface area contributed by atoms with Crippen LogP contribution in [-0.4, -0.2) is 53.9 Å². The summed E-state index contributed by atoms with van der Waals surface area (Å²) >= 11 is 0. The molecule has 0 aliphatic carbocycles. The number of aromatic nitrogens is 1. The molecule has 4 aromatic rings. The number of morpholine rings is 1. The Labute approximate surface area is 242 Å². The van der Waals surface area contributed by atoms with E-state index in [1.54, 1.807) is 0 Å². The molecule has 2 heterocycles. The number of hydrogen-bond donors (Lipinski definition) is 3. The molecule has 7 nitrogen and oxygen atoms in total. The van der Waals surface area contributed by atoms with Crippen LogP contribution in [0.2, 0.25) is 0 Å². The van der Waals surface area contributed by atoms with E-state index >= 15 is 0 Å². The minimum Gasteiger partial charge on any atom is -0.396 e. The highest BCUT2D eigenvalue weighted by atomic mass is 16.5. The molecule has 5 rings (SSSR count). The van der Waals surface area contributed by atoms with Crippen molar-refractivity contribution in [3.8, 4) is 11.1 Å². The van der Waals surface area contributed by atoms with Gasteiger partial charge in [0.05, 0.1) is 24.6 Å². The lowest BCUT2D eigenvalue weighted by molar-refractivity contribution is 0.0336. The van der Waals surface area contributed by atoms with Crippen LogP contribution in [0.1, 0.15) is 44.0 Å². The fraction of sp³-hybridized carbons (Fsp3) is 0.353. The molecule has 0 atom stereocenters. The van der Waals surface area contributed by atoms with Gasteiger partial charge in [-0.2, -0.15) is 0 Å². The summed E-state index contributed by atoms with van der Waals surface area (Å²) in [5, 5.41) is 17.5. The molecular formula is C34H40N4O3. The number of carbonyl (C=O) groups is 1. The molecule has 7 heteroatoms. The summed E-state index contributed by atoms with van der Waals surface area (Å²) in [5.74, 6) is 0. The number of fused-ring (bicyclic) bond motifs is 1. The number of benzene rings is 3. The van der Waals surface area contributed by atoms with Gasteiger partial charge in [0, 0.05) is 49.1 Å². The molecule has 1 fully saturated rings. The minimum absolute atomic E-state index is 0.0516. The molecule has 1 saturated heterocycles. The van der Waals surface area contributed by atoms with Crippen LogP contribution >= 0.6 is 0 Å². The first-order valence-electron chi connectivity index (χ1n) is 14.4. The molecule has 0 unspecified atom stereocenters. The lowest BCUT2D eigenvalue weighted by atomic mass is 9.86. The third-order valence-electron chi connectivity index (χ3n) is 7.63. The normalized spacial score (nSPS) is 14.2. The van der Waals surface area contributed by atoms with Crippen molar-refractivity contribution in [1.29, 1.82) is 0 Å². The number of anilines is 2. The van der Waals surface area contributed by atoms with Crippen molar-refractivity contribution in [2.75, 3.05) is 43.5 Å². The summed E-state index contributed by atoms with van der Waals surface area (Å²) in [5.41, 5.74) is 6.76. The third kappa shape index (κ3) is 7.11. The Balaban J connectivity index is 1.36. The maximum atomic E-state index is 13.3. The van der Waals surface area contributed by atoms with Gasteiger partial charge in [0.2, 0.25) is 0 Å². The predicted octanol–water partition coefficient (Wildman–Crippen LogP) is 6.60. The summed E-state index contributed by atoms with van der Waals surface area (Å²) in [6.45, 7) is 10.8. The number of hydrogen-bond acceptors (Lipinski definition) is 5. The van der Waals surface area contributed by atoms with Gasteiger partial charge in [0.25, 0.3) is 0 Å². The van der Waals surface area contributed by atoms with Crippen molar-refractivity contribution in [2.24, 2.45) is 0 Å². The average molecular weight is 553 g/mol. The molecule has 0 spiro atoms. The van der Waals surface area contributed by atoms with Gasteiger partial charge in [-0.3, -0.25) is 9.88 Å². The number of carbonyl (C=O) groups excluding carboxylic acids is 1. The molecule has 0 saturated carbocycles. The van der Waals surface area contributed by atoms with Crippen molar-refractivity contribution in [3.63, 3.8) is 0 Å². The average Bonchev–Trinajstić information content (AvgIpc) is 2.97. The van der Waals surface area contributed by atoms with Crippen molar-refractivity contribution < 1.29 is 14.6 Å². The number of nitrogens with zero attached hydrogens (tertiary/aromatic N) is 2. The number of nitrogens with one attached hydrogen (secondary N) is 2. The van der Waals surface area contributed by atoms with E-state index in [4.69, 9.17) is 9.72 Å². The Hall–Kier alpha value is -3.78. The van der Waals surface area contributed by atoms with Crippen LogP contribution in [0.25, 0.3) is 21.9 Å². The zero-order valence-electron chi connectivity index (χ0n) is 24.2. The first kappa shape index (κ1) is 28.7. The van der Waals surface area contributed by atoms with Crippen LogP contribution in [0, 0.1) is 0 Å². The van der Waals surface area contributed by atoms with E-state index in [1.807, 2.05) is 42.6 Å². The molecule has 1 aromatic heterocycles. The summed E-state index contributed by atoms with van der Waals surface area (Å²) in [6.07, 6.45) is 3.27. The van der Waals surface area contributed by atoms with Gasteiger partial charge in [0.15, 0.2) is 0 Å². The Bertz CT molecular complexity index is 1490. The predicted molar refractivity (Wildman–Crippen MR) is 166 cm³/mol. The van der Waals surface area contributed by atoms with E-state index in [1.165, 1.54) is 0 Å². The lowest BCUT2D eigenvalue weighted by Gasteiger charge is -2.26. The zero-order valence-corrected chi connectivity index (χ0v) is 24.2. The van der Waals surface area contributed by atoms with Crippen molar-refractivity contribution in [1.82, 2.24) is 9.88 Å². The first-order valence-corrected chi connectivity index (χ1v) is 14.4. The molecule has 1 aliphatic heterocycles. The number of urea groups is 1. The van der Waals surface area contributed by atoms with E-state index in [9.17, 15) is 9.90 Å². The highest BCUT2D eigenvalue weighted by Gasteiger charge is 2.18. The van der Waals surface area contributed by atoms with Crippen molar-refractivity contribution >= 4 is 28.2 Å². The Morgan fingerprint density at radius 2 is 1.71 bits per heavy atom. The summed E-state index contributed by atoms with van der Waals surface area (Å²) < 4.78 is 5.45. The van der Waals surface area contributed by atoms with Gasteiger partial charge >= 0.3 is 6.03 Å². The van der Waals surface area contributed by atoms with Gasteiger partial charge in [-0.1, -0.05) is 69.3 Å². The topological polar surface area (TPSA) is 86.7 Å². The largest absolute Gasteiger partial charge is 0.396 e.